The summed E-state index contributed by atoms with van der Waals surface area (Å²) in [6.07, 6.45) is 6.94. The number of aliphatic carboxylic acids is 2. The molecular weight excluding hydrogens is 232 g/mol. The molecule has 0 saturated heterocycles. The highest BCUT2D eigenvalue weighted by atomic mass is 16.4. The first-order valence-electron chi connectivity index (χ1n) is 6.52. The molecule has 0 aromatic carbocycles. The SMILES string of the molecule is C=C(CCCCCCCC)C(C)(C(=O)O)C(=O)O. The van der Waals surface area contributed by atoms with Crippen molar-refractivity contribution in [3.05, 3.63) is 12.2 Å². The minimum atomic E-state index is -1.86. The third-order valence-electron chi connectivity index (χ3n) is 3.39. The zero-order valence-corrected chi connectivity index (χ0v) is 11.4. The molecule has 0 saturated carbocycles. The molecule has 0 spiro atoms. The Morgan fingerprint density at radius 1 is 1.00 bits per heavy atom. The number of hydrogen-bond donors (Lipinski definition) is 2. The topological polar surface area (TPSA) is 74.6 Å². The average molecular weight is 256 g/mol. The van der Waals surface area contributed by atoms with Gasteiger partial charge >= 0.3 is 11.9 Å². The molecule has 0 heterocycles. The first-order valence-corrected chi connectivity index (χ1v) is 6.52. The van der Waals surface area contributed by atoms with Gasteiger partial charge in [0.25, 0.3) is 0 Å². The van der Waals surface area contributed by atoms with E-state index in [1.807, 2.05) is 0 Å². The van der Waals surface area contributed by atoms with Crippen LogP contribution in [-0.4, -0.2) is 22.2 Å². The van der Waals surface area contributed by atoms with Gasteiger partial charge in [0.15, 0.2) is 5.41 Å². The van der Waals surface area contributed by atoms with Crippen molar-refractivity contribution in [1.82, 2.24) is 0 Å². The zero-order valence-electron chi connectivity index (χ0n) is 11.4. The van der Waals surface area contributed by atoms with Gasteiger partial charge in [0.2, 0.25) is 0 Å². The van der Waals surface area contributed by atoms with Crippen LogP contribution in [-0.2, 0) is 9.59 Å². The molecule has 18 heavy (non-hydrogen) atoms. The van der Waals surface area contributed by atoms with E-state index < -0.39 is 17.4 Å². The van der Waals surface area contributed by atoms with Crippen LogP contribution in [0.15, 0.2) is 12.2 Å². The number of carboxylic acids is 2. The maximum absolute atomic E-state index is 11.0. The maximum Gasteiger partial charge on any atom is 0.324 e. The Morgan fingerprint density at radius 3 is 1.89 bits per heavy atom. The summed E-state index contributed by atoms with van der Waals surface area (Å²) in [6, 6.07) is 0. The van der Waals surface area contributed by atoms with Crippen LogP contribution in [0.2, 0.25) is 0 Å². The van der Waals surface area contributed by atoms with Gasteiger partial charge in [0.05, 0.1) is 0 Å². The van der Waals surface area contributed by atoms with Gasteiger partial charge in [0, 0.05) is 0 Å². The smallest absolute Gasteiger partial charge is 0.324 e. The summed E-state index contributed by atoms with van der Waals surface area (Å²) in [5.41, 5.74) is -1.58. The van der Waals surface area contributed by atoms with Crippen molar-refractivity contribution in [3.63, 3.8) is 0 Å². The van der Waals surface area contributed by atoms with Crippen LogP contribution >= 0.6 is 0 Å². The van der Waals surface area contributed by atoms with Crippen LogP contribution in [0.3, 0.4) is 0 Å². The fraction of sp³-hybridized carbons (Fsp3) is 0.714. The zero-order chi connectivity index (χ0) is 14.2. The molecule has 0 amide bonds. The quantitative estimate of drug-likeness (QED) is 0.356. The van der Waals surface area contributed by atoms with Crippen LogP contribution in [0.5, 0.6) is 0 Å². The summed E-state index contributed by atoms with van der Waals surface area (Å²) in [5, 5.41) is 18.0. The fourth-order valence-corrected chi connectivity index (χ4v) is 1.76. The Morgan fingerprint density at radius 2 is 1.44 bits per heavy atom. The third-order valence-corrected chi connectivity index (χ3v) is 3.39. The van der Waals surface area contributed by atoms with Crippen molar-refractivity contribution in [3.8, 4) is 0 Å². The van der Waals surface area contributed by atoms with E-state index in [1.165, 1.54) is 26.2 Å². The molecular formula is C14H24O4. The molecule has 0 radical (unpaired) electrons. The van der Waals surface area contributed by atoms with Gasteiger partial charge in [-0.05, 0) is 25.3 Å². The molecule has 0 aliphatic carbocycles. The molecule has 104 valence electrons. The van der Waals surface area contributed by atoms with Gasteiger partial charge in [-0.15, -0.1) is 0 Å². The highest BCUT2D eigenvalue weighted by Crippen LogP contribution is 2.30. The Hall–Kier alpha value is -1.32. The molecule has 0 aromatic heterocycles. The molecule has 0 unspecified atom stereocenters. The maximum atomic E-state index is 11.0. The Bertz CT molecular complexity index is 293. The Labute approximate surface area is 109 Å². The van der Waals surface area contributed by atoms with E-state index >= 15 is 0 Å². The lowest BCUT2D eigenvalue weighted by atomic mass is 9.80. The first-order chi connectivity index (χ1) is 8.37. The minimum absolute atomic E-state index is 0.276. The second-order valence-electron chi connectivity index (χ2n) is 4.86. The molecule has 0 aromatic rings. The number of hydrogen-bond acceptors (Lipinski definition) is 2. The molecule has 0 atom stereocenters. The first kappa shape index (κ1) is 16.7. The summed E-state index contributed by atoms with van der Waals surface area (Å²) in [6.45, 7) is 6.99. The van der Waals surface area contributed by atoms with E-state index in [0.717, 1.165) is 19.3 Å². The van der Waals surface area contributed by atoms with Crippen LogP contribution in [0.4, 0.5) is 0 Å². The molecule has 4 nitrogen and oxygen atoms in total. The molecule has 0 aliphatic heterocycles. The Kier molecular flexibility index (Phi) is 7.32. The lowest BCUT2D eigenvalue weighted by molar-refractivity contribution is -0.160. The molecule has 0 aliphatic rings. The van der Waals surface area contributed by atoms with E-state index in [2.05, 4.69) is 13.5 Å². The molecule has 4 heteroatoms. The lowest BCUT2D eigenvalue weighted by Gasteiger charge is -2.22. The van der Waals surface area contributed by atoms with Crippen molar-refractivity contribution in [2.75, 3.05) is 0 Å². The fourth-order valence-electron chi connectivity index (χ4n) is 1.76. The van der Waals surface area contributed by atoms with Crippen molar-refractivity contribution in [2.45, 2.75) is 58.8 Å². The van der Waals surface area contributed by atoms with E-state index in [9.17, 15) is 9.59 Å². The van der Waals surface area contributed by atoms with Gasteiger partial charge in [-0.3, -0.25) is 9.59 Å². The van der Waals surface area contributed by atoms with Crippen molar-refractivity contribution >= 4 is 11.9 Å². The van der Waals surface area contributed by atoms with Crippen LogP contribution in [0, 0.1) is 5.41 Å². The third kappa shape index (κ3) is 4.51. The summed E-state index contributed by atoms with van der Waals surface area (Å²) < 4.78 is 0. The van der Waals surface area contributed by atoms with E-state index in [0.29, 0.717) is 6.42 Å². The minimum Gasteiger partial charge on any atom is -0.480 e. The van der Waals surface area contributed by atoms with Crippen molar-refractivity contribution in [1.29, 1.82) is 0 Å². The van der Waals surface area contributed by atoms with Crippen LogP contribution in [0.1, 0.15) is 58.8 Å². The standard InChI is InChI=1S/C14H24O4/c1-4-5-6-7-8-9-10-11(2)14(3,12(15)16)13(17)18/h2,4-10H2,1,3H3,(H,15,16)(H,17,18). The normalized spacial score (nSPS) is 11.2. The van der Waals surface area contributed by atoms with E-state index in [4.69, 9.17) is 10.2 Å². The summed E-state index contributed by atoms with van der Waals surface area (Å²) in [7, 11) is 0. The summed E-state index contributed by atoms with van der Waals surface area (Å²) in [5.74, 6) is -2.68. The van der Waals surface area contributed by atoms with Crippen molar-refractivity contribution < 1.29 is 19.8 Å². The second-order valence-corrected chi connectivity index (χ2v) is 4.86. The molecule has 2 N–H and O–H groups in total. The largest absolute Gasteiger partial charge is 0.480 e. The van der Waals surface area contributed by atoms with Gasteiger partial charge in [-0.2, -0.15) is 0 Å². The van der Waals surface area contributed by atoms with E-state index in [1.54, 1.807) is 0 Å². The Balaban J connectivity index is 4.14. The van der Waals surface area contributed by atoms with Gasteiger partial charge in [0.1, 0.15) is 0 Å². The number of rotatable bonds is 10. The van der Waals surface area contributed by atoms with Crippen LogP contribution < -0.4 is 0 Å². The summed E-state index contributed by atoms with van der Waals surface area (Å²) in [4.78, 5) is 22.1. The van der Waals surface area contributed by atoms with Crippen molar-refractivity contribution in [2.24, 2.45) is 5.41 Å². The highest BCUT2D eigenvalue weighted by molar-refractivity contribution is 6.01. The number of unbranched alkanes of at least 4 members (excludes halogenated alkanes) is 5. The van der Waals surface area contributed by atoms with Crippen LogP contribution in [0.25, 0.3) is 0 Å². The molecule has 0 bridgehead atoms. The summed E-state index contributed by atoms with van der Waals surface area (Å²) >= 11 is 0. The molecule has 0 rings (SSSR count). The monoisotopic (exact) mass is 256 g/mol. The second kappa shape index (κ2) is 7.90. The predicted octanol–water partition coefficient (Wildman–Crippen LogP) is 3.47. The average Bonchev–Trinajstić information content (AvgIpc) is 2.31. The highest BCUT2D eigenvalue weighted by Gasteiger charge is 2.43. The predicted molar refractivity (Wildman–Crippen MR) is 70.5 cm³/mol. The van der Waals surface area contributed by atoms with Gasteiger partial charge in [-0.1, -0.05) is 45.6 Å². The van der Waals surface area contributed by atoms with Gasteiger partial charge < -0.3 is 10.2 Å². The van der Waals surface area contributed by atoms with Gasteiger partial charge in [-0.25, -0.2) is 0 Å². The number of carboxylic acid groups (broad SMARTS) is 2. The lowest BCUT2D eigenvalue weighted by Crippen LogP contribution is -2.37. The van der Waals surface area contributed by atoms with E-state index in [-0.39, 0.29) is 5.57 Å². The number of carbonyl (C=O) groups is 2. The molecule has 0 fully saturated rings.